The van der Waals surface area contributed by atoms with Gasteiger partial charge in [0.1, 0.15) is 0 Å². The summed E-state index contributed by atoms with van der Waals surface area (Å²) >= 11 is 1.65. The van der Waals surface area contributed by atoms with Crippen LogP contribution in [0.15, 0.2) is 96.3 Å². The molecule has 1 amide bonds. The second-order valence-electron chi connectivity index (χ2n) is 8.32. The van der Waals surface area contributed by atoms with Crippen molar-refractivity contribution >= 4 is 34.3 Å². The predicted octanol–water partition coefficient (Wildman–Crippen LogP) is 6.71. The first-order valence-electron chi connectivity index (χ1n) is 11.1. The van der Waals surface area contributed by atoms with Gasteiger partial charge in [0.2, 0.25) is 0 Å². The zero-order valence-corrected chi connectivity index (χ0v) is 19.8. The summed E-state index contributed by atoms with van der Waals surface area (Å²) in [5.41, 5.74) is 6.84. The average molecular weight is 465 g/mol. The van der Waals surface area contributed by atoms with Crippen LogP contribution >= 0.6 is 11.8 Å². The van der Waals surface area contributed by atoms with Crippen molar-refractivity contribution in [1.82, 2.24) is 15.2 Å². The molecule has 0 aliphatic carbocycles. The van der Waals surface area contributed by atoms with E-state index in [0.717, 1.165) is 21.4 Å². The number of hydrogen-bond donors (Lipinski definition) is 2. The Hall–Kier alpha value is -3.90. The third-order valence-corrected chi connectivity index (χ3v) is 6.98. The number of nitrogens with zero attached hydrogens (tertiary/aromatic N) is 2. The van der Waals surface area contributed by atoms with E-state index in [1.54, 1.807) is 18.0 Å². The number of rotatable bonds is 6. The summed E-state index contributed by atoms with van der Waals surface area (Å²) in [5.74, 6) is -0.161. The fourth-order valence-corrected chi connectivity index (χ4v) is 5.35. The quantitative estimate of drug-likeness (QED) is 0.274. The molecule has 168 valence electrons. The maximum atomic E-state index is 13.3. The number of anilines is 1. The summed E-state index contributed by atoms with van der Waals surface area (Å²) in [5, 5.41) is 11.1. The van der Waals surface area contributed by atoms with Gasteiger partial charge in [0.15, 0.2) is 0 Å². The highest BCUT2D eigenvalue weighted by atomic mass is 32.2. The smallest absolute Gasteiger partial charge is 0.256 e. The minimum atomic E-state index is -0.161. The molecule has 0 aliphatic rings. The van der Waals surface area contributed by atoms with E-state index in [0.29, 0.717) is 11.3 Å². The molecule has 0 radical (unpaired) electrons. The van der Waals surface area contributed by atoms with E-state index in [1.807, 2.05) is 67.0 Å². The molecule has 1 unspecified atom stereocenters. The van der Waals surface area contributed by atoms with Crippen LogP contribution in [0.25, 0.3) is 10.9 Å². The molecule has 0 bridgehead atoms. The highest BCUT2D eigenvalue weighted by Crippen LogP contribution is 2.42. The number of aryl methyl sites for hydroxylation is 2. The summed E-state index contributed by atoms with van der Waals surface area (Å²) < 4.78 is 0. The lowest BCUT2D eigenvalue weighted by molar-refractivity contribution is 0.102. The molecular weight excluding hydrogens is 440 g/mol. The van der Waals surface area contributed by atoms with Crippen LogP contribution in [0.5, 0.6) is 0 Å². The number of aromatic nitrogens is 3. The standard InChI is InChI=1S/C28H24N4OS/c1-18-11-19(2)13-21(12-18)27(22-15-30-31-16-22)34-26-10-6-4-8-24(26)28(33)32-23-14-20-7-3-5-9-25(20)29-17-23/h3-17,27H,1-2H3,(H,30,31)(H,32,33). The Morgan fingerprint density at radius 2 is 1.68 bits per heavy atom. The molecule has 5 aromatic rings. The molecule has 3 aromatic carbocycles. The van der Waals surface area contributed by atoms with E-state index in [9.17, 15) is 4.79 Å². The van der Waals surface area contributed by atoms with Crippen molar-refractivity contribution in [2.24, 2.45) is 0 Å². The van der Waals surface area contributed by atoms with Crippen LogP contribution in [-0.4, -0.2) is 21.1 Å². The van der Waals surface area contributed by atoms with E-state index in [2.05, 4.69) is 52.5 Å². The third kappa shape index (κ3) is 4.72. The van der Waals surface area contributed by atoms with Gasteiger partial charge in [-0.1, -0.05) is 59.7 Å². The SMILES string of the molecule is Cc1cc(C)cc(C(Sc2ccccc2C(=O)Nc2cnc3ccccc3c2)c2cn[nH]c2)c1. The Labute approximate surface area is 202 Å². The van der Waals surface area contributed by atoms with Crippen molar-refractivity contribution in [1.29, 1.82) is 0 Å². The average Bonchev–Trinajstić information content (AvgIpc) is 3.36. The molecule has 34 heavy (non-hydrogen) atoms. The minimum Gasteiger partial charge on any atom is -0.321 e. The van der Waals surface area contributed by atoms with Gasteiger partial charge in [-0.15, -0.1) is 11.8 Å². The molecule has 0 aliphatic heterocycles. The molecule has 5 rings (SSSR count). The first-order chi connectivity index (χ1) is 16.6. The number of thioether (sulfide) groups is 1. The van der Waals surface area contributed by atoms with E-state index in [1.165, 1.54) is 16.7 Å². The molecule has 0 saturated carbocycles. The largest absolute Gasteiger partial charge is 0.321 e. The second-order valence-corrected chi connectivity index (χ2v) is 9.46. The molecule has 2 aromatic heterocycles. The molecule has 2 N–H and O–H groups in total. The van der Waals surface area contributed by atoms with Gasteiger partial charge in [-0.2, -0.15) is 5.10 Å². The van der Waals surface area contributed by atoms with E-state index < -0.39 is 0 Å². The van der Waals surface area contributed by atoms with Crippen LogP contribution in [0, 0.1) is 13.8 Å². The lowest BCUT2D eigenvalue weighted by Crippen LogP contribution is -2.13. The molecule has 6 heteroatoms. The van der Waals surface area contributed by atoms with Crippen molar-refractivity contribution in [2.75, 3.05) is 5.32 Å². The van der Waals surface area contributed by atoms with Crippen molar-refractivity contribution in [3.63, 3.8) is 0 Å². The maximum Gasteiger partial charge on any atom is 0.256 e. The fraction of sp³-hybridized carbons (Fsp3) is 0.107. The minimum absolute atomic E-state index is 0.00589. The number of carbonyl (C=O) groups excluding carboxylic acids is 1. The summed E-state index contributed by atoms with van der Waals surface area (Å²) in [6.07, 6.45) is 5.46. The normalized spacial score (nSPS) is 11.9. The number of para-hydroxylation sites is 1. The number of aromatic amines is 1. The Kier molecular flexibility index (Phi) is 6.14. The first-order valence-corrected chi connectivity index (χ1v) is 11.9. The van der Waals surface area contributed by atoms with Crippen LogP contribution in [0.4, 0.5) is 5.69 Å². The maximum absolute atomic E-state index is 13.3. The third-order valence-electron chi connectivity index (χ3n) is 5.59. The second kappa shape index (κ2) is 9.53. The Morgan fingerprint density at radius 1 is 0.912 bits per heavy atom. The highest BCUT2D eigenvalue weighted by Gasteiger charge is 2.21. The molecule has 0 spiro atoms. The van der Waals surface area contributed by atoms with Crippen molar-refractivity contribution < 1.29 is 4.79 Å². The summed E-state index contributed by atoms with van der Waals surface area (Å²) in [7, 11) is 0. The van der Waals surface area contributed by atoms with Gasteiger partial charge < -0.3 is 5.32 Å². The Bertz CT molecular complexity index is 1440. The molecule has 0 saturated heterocycles. The molecule has 1 atom stereocenters. The van der Waals surface area contributed by atoms with Gasteiger partial charge in [-0.25, -0.2) is 0 Å². The number of nitrogens with one attached hydrogen (secondary N) is 2. The van der Waals surface area contributed by atoms with Crippen molar-refractivity contribution in [2.45, 2.75) is 24.0 Å². The van der Waals surface area contributed by atoms with Crippen LogP contribution in [-0.2, 0) is 0 Å². The van der Waals surface area contributed by atoms with Crippen LogP contribution in [0.3, 0.4) is 0 Å². The monoisotopic (exact) mass is 464 g/mol. The summed E-state index contributed by atoms with van der Waals surface area (Å²) in [6.45, 7) is 4.21. The number of fused-ring (bicyclic) bond motifs is 1. The zero-order chi connectivity index (χ0) is 23.5. The van der Waals surface area contributed by atoms with E-state index >= 15 is 0 Å². The topological polar surface area (TPSA) is 70.7 Å². The summed E-state index contributed by atoms with van der Waals surface area (Å²) in [4.78, 5) is 18.7. The van der Waals surface area contributed by atoms with E-state index in [-0.39, 0.29) is 11.2 Å². The molecule has 2 heterocycles. The number of hydrogen-bond acceptors (Lipinski definition) is 4. The van der Waals surface area contributed by atoms with Crippen LogP contribution in [0.1, 0.15) is 37.9 Å². The number of H-pyrrole nitrogens is 1. The van der Waals surface area contributed by atoms with E-state index in [4.69, 9.17) is 0 Å². The lowest BCUT2D eigenvalue weighted by Gasteiger charge is -2.19. The molecular formula is C28H24N4OS. The zero-order valence-electron chi connectivity index (χ0n) is 18.9. The Morgan fingerprint density at radius 3 is 2.47 bits per heavy atom. The van der Waals surface area contributed by atoms with Crippen molar-refractivity contribution in [3.8, 4) is 0 Å². The van der Waals surface area contributed by atoms with Gasteiger partial charge in [-0.05, 0) is 43.7 Å². The number of benzene rings is 3. The van der Waals surface area contributed by atoms with Gasteiger partial charge in [0.05, 0.1) is 34.4 Å². The lowest BCUT2D eigenvalue weighted by atomic mass is 10.0. The molecule has 5 nitrogen and oxygen atoms in total. The number of amides is 1. The predicted molar refractivity (Wildman–Crippen MR) is 138 cm³/mol. The van der Waals surface area contributed by atoms with Gasteiger partial charge in [0, 0.05) is 22.0 Å². The number of pyridine rings is 1. The van der Waals surface area contributed by atoms with Crippen molar-refractivity contribution in [3.05, 3.63) is 119 Å². The number of carbonyl (C=O) groups is 1. The first kappa shape index (κ1) is 21.9. The van der Waals surface area contributed by atoms with Crippen LogP contribution in [0.2, 0.25) is 0 Å². The Balaban J connectivity index is 1.46. The molecule has 0 fully saturated rings. The van der Waals surface area contributed by atoms with Crippen LogP contribution < -0.4 is 5.32 Å². The van der Waals surface area contributed by atoms with Gasteiger partial charge >= 0.3 is 0 Å². The highest BCUT2D eigenvalue weighted by molar-refractivity contribution is 7.99. The summed E-state index contributed by atoms with van der Waals surface area (Å²) in [6, 6.07) is 24.1. The van der Waals surface area contributed by atoms with Gasteiger partial charge in [-0.3, -0.25) is 14.9 Å². The fourth-order valence-electron chi connectivity index (χ4n) is 4.12. The van der Waals surface area contributed by atoms with Gasteiger partial charge in [0.25, 0.3) is 5.91 Å².